The van der Waals surface area contributed by atoms with Crippen LogP contribution in [0.4, 0.5) is 0 Å². The van der Waals surface area contributed by atoms with Crippen LogP contribution in [0.3, 0.4) is 0 Å². The van der Waals surface area contributed by atoms with Gasteiger partial charge < -0.3 is 10.1 Å². The van der Waals surface area contributed by atoms with E-state index in [2.05, 4.69) is 4.98 Å². The van der Waals surface area contributed by atoms with Gasteiger partial charge in [-0.1, -0.05) is 5.46 Å². The number of hydrogen-bond donors (Lipinski definition) is 2. The van der Waals surface area contributed by atoms with E-state index >= 15 is 0 Å². The molecule has 11 heavy (non-hydrogen) atoms. The molecule has 2 rings (SSSR count). The van der Waals surface area contributed by atoms with Crippen LogP contribution in [-0.4, -0.2) is 17.9 Å². The van der Waals surface area contributed by atoms with E-state index in [1.807, 2.05) is 0 Å². The Balaban J connectivity index is 2.87. The fraction of sp³-hybridized carbons (Fsp3) is 0. The van der Waals surface area contributed by atoms with E-state index in [1.165, 1.54) is 0 Å². The number of phenols is 1. The molecule has 0 saturated heterocycles. The summed E-state index contributed by atoms with van der Waals surface area (Å²) in [5, 5.41) is 9.97. The van der Waals surface area contributed by atoms with Crippen molar-refractivity contribution in [3.8, 4) is 5.75 Å². The van der Waals surface area contributed by atoms with Gasteiger partial charge in [-0.3, -0.25) is 0 Å². The highest BCUT2D eigenvalue weighted by atomic mass is 16.3. The number of aromatic amines is 1. The van der Waals surface area contributed by atoms with E-state index in [1.54, 1.807) is 24.4 Å². The molecule has 0 spiro atoms. The van der Waals surface area contributed by atoms with Gasteiger partial charge in [0.15, 0.2) is 0 Å². The molecule has 2 nitrogen and oxygen atoms in total. The molecule has 3 heteroatoms. The number of nitrogens with one attached hydrogen (secondary N) is 1. The summed E-state index contributed by atoms with van der Waals surface area (Å²) in [6.07, 6.45) is 1.71. The third kappa shape index (κ3) is 0.890. The second-order valence-electron chi connectivity index (χ2n) is 2.47. The fourth-order valence-corrected chi connectivity index (χ4v) is 1.13. The lowest BCUT2D eigenvalue weighted by atomic mass is 9.96. The van der Waals surface area contributed by atoms with Crippen molar-refractivity contribution in [1.29, 1.82) is 0 Å². The van der Waals surface area contributed by atoms with Crippen LogP contribution >= 0.6 is 0 Å². The standard InChI is InChI=1S/C8H6BNO/c9-7-4-10-8-2-1-5(11)3-6(7)8/h1-4,10-11H. The molecule has 0 aliphatic carbocycles. The summed E-state index contributed by atoms with van der Waals surface area (Å²) in [4.78, 5) is 2.98. The van der Waals surface area contributed by atoms with Gasteiger partial charge in [0.05, 0.1) is 0 Å². The summed E-state index contributed by atoms with van der Waals surface area (Å²) in [7, 11) is 5.60. The zero-order chi connectivity index (χ0) is 7.84. The van der Waals surface area contributed by atoms with Crippen molar-refractivity contribution in [1.82, 2.24) is 4.98 Å². The van der Waals surface area contributed by atoms with Crippen LogP contribution in [0.1, 0.15) is 0 Å². The molecule has 2 radical (unpaired) electrons. The summed E-state index contributed by atoms with van der Waals surface area (Å²) in [6, 6.07) is 5.06. The van der Waals surface area contributed by atoms with Crippen molar-refractivity contribution < 1.29 is 5.11 Å². The molecule has 0 aliphatic heterocycles. The van der Waals surface area contributed by atoms with Crippen LogP contribution in [0.2, 0.25) is 0 Å². The zero-order valence-corrected chi connectivity index (χ0v) is 5.83. The predicted molar refractivity (Wildman–Crippen MR) is 45.4 cm³/mol. The molecule has 0 saturated carbocycles. The van der Waals surface area contributed by atoms with E-state index in [4.69, 9.17) is 13.0 Å². The van der Waals surface area contributed by atoms with E-state index in [9.17, 15) is 0 Å². The Labute approximate surface area is 65.3 Å². The van der Waals surface area contributed by atoms with Gasteiger partial charge in [0, 0.05) is 5.52 Å². The fourth-order valence-electron chi connectivity index (χ4n) is 1.13. The first-order valence-electron chi connectivity index (χ1n) is 3.33. The number of fused-ring (bicyclic) bond motifs is 1. The van der Waals surface area contributed by atoms with Crippen LogP contribution in [0.25, 0.3) is 10.9 Å². The minimum atomic E-state index is 0.240. The molecule has 0 bridgehead atoms. The van der Waals surface area contributed by atoms with Crippen molar-refractivity contribution >= 4 is 24.2 Å². The molecule has 2 aromatic rings. The number of H-pyrrole nitrogens is 1. The molecular weight excluding hydrogens is 137 g/mol. The molecule has 1 aromatic heterocycles. The quantitative estimate of drug-likeness (QED) is 0.522. The molecule has 52 valence electrons. The van der Waals surface area contributed by atoms with Gasteiger partial charge in [0.25, 0.3) is 0 Å². The third-order valence-corrected chi connectivity index (χ3v) is 1.70. The van der Waals surface area contributed by atoms with Crippen LogP contribution in [0.15, 0.2) is 24.4 Å². The third-order valence-electron chi connectivity index (χ3n) is 1.70. The average molecular weight is 143 g/mol. The minimum absolute atomic E-state index is 0.240. The van der Waals surface area contributed by atoms with Crippen molar-refractivity contribution in [2.75, 3.05) is 0 Å². The zero-order valence-electron chi connectivity index (χ0n) is 5.83. The van der Waals surface area contributed by atoms with Crippen molar-refractivity contribution in [2.45, 2.75) is 0 Å². The summed E-state index contributed by atoms with van der Waals surface area (Å²) in [5.41, 5.74) is 1.61. The molecule has 0 amide bonds. The van der Waals surface area contributed by atoms with E-state index in [-0.39, 0.29) is 5.75 Å². The maximum atomic E-state index is 9.10. The molecule has 2 N–H and O–H groups in total. The van der Waals surface area contributed by atoms with E-state index in [0.29, 0.717) is 5.46 Å². The van der Waals surface area contributed by atoms with Gasteiger partial charge >= 0.3 is 0 Å². The van der Waals surface area contributed by atoms with Gasteiger partial charge in [-0.15, -0.1) is 0 Å². The Morgan fingerprint density at radius 1 is 1.36 bits per heavy atom. The van der Waals surface area contributed by atoms with Crippen LogP contribution in [0, 0.1) is 0 Å². The Bertz CT molecular complexity index is 394. The molecule has 0 aliphatic rings. The van der Waals surface area contributed by atoms with E-state index in [0.717, 1.165) is 10.9 Å². The molecular formula is C8H6BNO. The topological polar surface area (TPSA) is 36.0 Å². The highest BCUT2D eigenvalue weighted by Crippen LogP contribution is 2.15. The lowest BCUT2D eigenvalue weighted by Gasteiger charge is -1.92. The first kappa shape index (κ1) is 6.34. The molecule has 1 heterocycles. The maximum absolute atomic E-state index is 9.10. The molecule has 1 aromatic carbocycles. The molecule has 0 unspecified atom stereocenters. The Morgan fingerprint density at radius 3 is 3.00 bits per heavy atom. The van der Waals surface area contributed by atoms with Gasteiger partial charge in [-0.05, 0) is 29.8 Å². The molecule has 0 fully saturated rings. The van der Waals surface area contributed by atoms with Crippen molar-refractivity contribution in [3.63, 3.8) is 0 Å². The number of benzene rings is 1. The Kier molecular flexibility index (Phi) is 1.18. The number of phenolic OH excluding ortho intramolecular Hbond substituents is 1. The second kappa shape index (κ2) is 2.05. The number of rotatable bonds is 0. The van der Waals surface area contributed by atoms with Crippen LogP contribution in [-0.2, 0) is 0 Å². The van der Waals surface area contributed by atoms with E-state index < -0.39 is 0 Å². The Morgan fingerprint density at radius 2 is 2.18 bits per heavy atom. The van der Waals surface area contributed by atoms with Gasteiger partial charge in [0.2, 0.25) is 0 Å². The maximum Gasteiger partial charge on any atom is 0.116 e. The minimum Gasteiger partial charge on any atom is -0.508 e. The highest BCUT2D eigenvalue weighted by molar-refractivity contribution is 6.38. The number of aromatic nitrogens is 1. The average Bonchev–Trinajstić information content (AvgIpc) is 2.33. The molecule has 0 atom stereocenters. The monoisotopic (exact) mass is 143 g/mol. The smallest absolute Gasteiger partial charge is 0.116 e. The summed E-state index contributed by atoms with van der Waals surface area (Å²) in [5.74, 6) is 0.240. The van der Waals surface area contributed by atoms with Crippen LogP contribution in [0.5, 0.6) is 5.75 Å². The SMILES string of the molecule is [B]c1c[nH]c2ccc(O)cc12. The van der Waals surface area contributed by atoms with Gasteiger partial charge in [-0.2, -0.15) is 0 Å². The predicted octanol–water partition coefficient (Wildman–Crippen LogP) is 0.667. The summed E-state index contributed by atoms with van der Waals surface area (Å²) in [6.45, 7) is 0. The van der Waals surface area contributed by atoms with Gasteiger partial charge in [0.1, 0.15) is 13.6 Å². The number of hydrogen-bond acceptors (Lipinski definition) is 1. The van der Waals surface area contributed by atoms with Crippen molar-refractivity contribution in [2.24, 2.45) is 0 Å². The largest absolute Gasteiger partial charge is 0.508 e. The summed E-state index contributed by atoms with van der Waals surface area (Å²) >= 11 is 0. The number of aromatic hydroxyl groups is 1. The highest BCUT2D eigenvalue weighted by Gasteiger charge is 1.98. The van der Waals surface area contributed by atoms with Gasteiger partial charge in [-0.25, -0.2) is 0 Å². The lowest BCUT2D eigenvalue weighted by molar-refractivity contribution is 0.476. The lowest BCUT2D eigenvalue weighted by Crippen LogP contribution is -1.96. The Hall–Kier alpha value is -1.38. The second-order valence-corrected chi connectivity index (χ2v) is 2.47. The van der Waals surface area contributed by atoms with Crippen molar-refractivity contribution in [3.05, 3.63) is 24.4 Å². The van der Waals surface area contributed by atoms with Crippen LogP contribution < -0.4 is 5.46 Å². The normalized spacial score (nSPS) is 10.5. The first-order chi connectivity index (χ1) is 5.27. The first-order valence-corrected chi connectivity index (χ1v) is 3.33. The summed E-state index contributed by atoms with van der Waals surface area (Å²) < 4.78 is 0.